The van der Waals surface area contributed by atoms with E-state index >= 15 is 0 Å². The molecule has 0 saturated heterocycles. The van der Waals surface area contributed by atoms with Crippen molar-refractivity contribution in [2.75, 3.05) is 24.6 Å². The number of nitrogens with two attached hydrogens (primary N) is 1. The first kappa shape index (κ1) is 14.4. The first-order valence-corrected chi connectivity index (χ1v) is 7.98. The summed E-state index contributed by atoms with van der Waals surface area (Å²) < 4.78 is 0. The van der Waals surface area contributed by atoms with Gasteiger partial charge < -0.3 is 10.6 Å². The SMILES string of the molecule is CC(CN)CSCC(=O)N1CCc2ccccc2C1. The molecular weight excluding hydrogens is 256 g/mol. The molecule has 2 rings (SSSR count). The zero-order chi connectivity index (χ0) is 13.7. The summed E-state index contributed by atoms with van der Waals surface area (Å²) in [4.78, 5) is 14.1. The Hall–Kier alpha value is -1.00. The normalized spacial score (nSPS) is 16.0. The fourth-order valence-electron chi connectivity index (χ4n) is 2.22. The van der Waals surface area contributed by atoms with Crippen molar-refractivity contribution in [2.24, 2.45) is 11.7 Å². The average molecular weight is 278 g/mol. The van der Waals surface area contributed by atoms with E-state index < -0.39 is 0 Å². The van der Waals surface area contributed by atoms with Crippen molar-refractivity contribution in [3.05, 3.63) is 35.4 Å². The number of fused-ring (bicyclic) bond motifs is 1. The third-order valence-electron chi connectivity index (χ3n) is 3.51. The predicted molar refractivity (Wildman–Crippen MR) is 81.1 cm³/mol. The van der Waals surface area contributed by atoms with Crippen molar-refractivity contribution in [3.63, 3.8) is 0 Å². The van der Waals surface area contributed by atoms with E-state index in [1.807, 2.05) is 11.0 Å². The molecule has 1 aromatic rings. The van der Waals surface area contributed by atoms with Gasteiger partial charge in [0.05, 0.1) is 5.75 Å². The minimum absolute atomic E-state index is 0.253. The molecule has 4 heteroatoms. The van der Waals surface area contributed by atoms with E-state index in [-0.39, 0.29) is 5.91 Å². The van der Waals surface area contributed by atoms with Crippen LogP contribution in [0.25, 0.3) is 0 Å². The number of thioether (sulfide) groups is 1. The van der Waals surface area contributed by atoms with Crippen molar-refractivity contribution in [1.29, 1.82) is 0 Å². The van der Waals surface area contributed by atoms with Crippen LogP contribution in [0.15, 0.2) is 24.3 Å². The Bertz CT molecular complexity index is 436. The third-order valence-corrected chi connectivity index (χ3v) is 4.77. The molecule has 0 spiro atoms. The summed E-state index contributed by atoms with van der Waals surface area (Å²) in [5.41, 5.74) is 8.26. The van der Waals surface area contributed by atoms with Gasteiger partial charge in [-0.25, -0.2) is 0 Å². The van der Waals surface area contributed by atoms with Gasteiger partial charge >= 0.3 is 0 Å². The van der Waals surface area contributed by atoms with Gasteiger partial charge in [0, 0.05) is 13.1 Å². The highest BCUT2D eigenvalue weighted by atomic mass is 32.2. The molecule has 0 fully saturated rings. The van der Waals surface area contributed by atoms with E-state index in [1.54, 1.807) is 11.8 Å². The molecule has 1 atom stereocenters. The van der Waals surface area contributed by atoms with Gasteiger partial charge in [-0.3, -0.25) is 4.79 Å². The quantitative estimate of drug-likeness (QED) is 0.895. The fraction of sp³-hybridized carbons (Fsp3) is 0.533. The second-order valence-electron chi connectivity index (χ2n) is 5.19. The van der Waals surface area contributed by atoms with Crippen molar-refractivity contribution in [1.82, 2.24) is 4.90 Å². The number of hydrogen-bond donors (Lipinski definition) is 1. The van der Waals surface area contributed by atoms with Crippen molar-refractivity contribution >= 4 is 17.7 Å². The molecule has 0 bridgehead atoms. The monoisotopic (exact) mass is 278 g/mol. The lowest BCUT2D eigenvalue weighted by Gasteiger charge is -2.29. The molecule has 2 N–H and O–H groups in total. The van der Waals surface area contributed by atoms with Crippen LogP contribution in [0.4, 0.5) is 0 Å². The van der Waals surface area contributed by atoms with Crippen LogP contribution in [0.3, 0.4) is 0 Å². The highest BCUT2D eigenvalue weighted by molar-refractivity contribution is 7.99. The summed E-state index contributed by atoms with van der Waals surface area (Å²) in [6.45, 7) is 4.43. The lowest BCUT2D eigenvalue weighted by molar-refractivity contribution is -0.129. The first-order chi connectivity index (χ1) is 9.20. The number of hydrogen-bond acceptors (Lipinski definition) is 3. The number of benzene rings is 1. The van der Waals surface area contributed by atoms with Crippen molar-refractivity contribution in [2.45, 2.75) is 19.9 Å². The zero-order valence-corrected chi connectivity index (χ0v) is 12.3. The molecule has 19 heavy (non-hydrogen) atoms. The molecule has 0 aromatic heterocycles. The Morgan fingerprint density at radius 1 is 1.42 bits per heavy atom. The molecule has 1 unspecified atom stereocenters. The molecule has 0 radical (unpaired) electrons. The van der Waals surface area contributed by atoms with Gasteiger partial charge in [-0.1, -0.05) is 31.2 Å². The minimum atomic E-state index is 0.253. The second-order valence-corrected chi connectivity index (χ2v) is 6.22. The molecular formula is C15H22N2OS. The smallest absolute Gasteiger partial charge is 0.232 e. The van der Waals surface area contributed by atoms with Crippen molar-refractivity contribution < 1.29 is 4.79 Å². The summed E-state index contributed by atoms with van der Waals surface area (Å²) in [7, 11) is 0. The average Bonchev–Trinajstić information content (AvgIpc) is 2.46. The Balaban J connectivity index is 1.82. The molecule has 1 amide bonds. The Kier molecular flexibility index (Phi) is 5.28. The van der Waals surface area contributed by atoms with Crippen LogP contribution >= 0.6 is 11.8 Å². The van der Waals surface area contributed by atoms with Crippen LogP contribution in [0, 0.1) is 5.92 Å². The van der Waals surface area contributed by atoms with Crippen LogP contribution in [-0.2, 0) is 17.8 Å². The largest absolute Gasteiger partial charge is 0.337 e. The van der Waals surface area contributed by atoms with Crippen molar-refractivity contribution in [3.8, 4) is 0 Å². The van der Waals surface area contributed by atoms with Gasteiger partial charge in [0.15, 0.2) is 0 Å². The molecule has 1 aromatic carbocycles. The first-order valence-electron chi connectivity index (χ1n) is 6.83. The second kappa shape index (κ2) is 6.96. The van der Waals surface area contributed by atoms with E-state index in [4.69, 9.17) is 5.73 Å². The summed E-state index contributed by atoms with van der Waals surface area (Å²) in [6, 6.07) is 8.40. The van der Waals surface area contributed by atoms with E-state index in [0.717, 1.165) is 25.3 Å². The summed E-state index contributed by atoms with van der Waals surface area (Å²) >= 11 is 1.70. The van der Waals surface area contributed by atoms with Gasteiger partial charge in [-0.05, 0) is 35.8 Å². The molecule has 1 aliphatic heterocycles. The summed E-state index contributed by atoms with van der Waals surface area (Å²) in [6.07, 6.45) is 0.978. The fourth-order valence-corrected chi connectivity index (χ4v) is 3.23. The van der Waals surface area contributed by atoms with Crippen LogP contribution in [-0.4, -0.2) is 35.4 Å². The maximum atomic E-state index is 12.2. The predicted octanol–water partition coefficient (Wildman–Crippen LogP) is 1.90. The summed E-state index contributed by atoms with van der Waals surface area (Å²) in [5, 5.41) is 0. The van der Waals surface area contributed by atoms with E-state index in [9.17, 15) is 4.79 Å². The minimum Gasteiger partial charge on any atom is -0.337 e. The number of nitrogens with zero attached hydrogens (tertiary/aromatic N) is 1. The zero-order valence-electron chi connectivity index (χ0n) is 11.5. The Labute approximate surface area is 119 Å². The molecule has 0 aliphatic carbocycles. The van der Waals surface area contributed by atoms with Crippen LogP contribution < -0.4 is 5.73 Å². The van der Waals surface area contributed by atoms with Gasteiger partial charge in [0.25, 0.3) is 0 Å². The van der Waals surface area contributed by atoms with Crippen LogP contribution in [0.1, 0.15) is 18.1 Å². The summed E-state index contributed by atoms with van der Waals surface area (Å²) in [5.74, 6) is 2.28. The van der Waals surface area contributed by atoms with Gasteiger partial charge in [-0.15, -0.1) is 0 Å². The molecule has 1 aliphatic rings. The van der Waals surface area contributed by atoms with Crippen LogP contribution in [0.5, 0.6) is 0 Å². The lowest BCUT2D eigenvalue weighted by atomic mass is 10.00. The van der Waals surface area contributed by atoms with E-state index in [1.165, 1.54) is 11.1 Å². The highest BCUT2D eigenvalue weighted by Crippen LogP contribution is 2.19. The molecule has 3 nitrogen and oxygen atoms in total. The number of carbonyl (C=O) groups is 1. The number of rotatable bonds is 5. The van der Waals surface area contributed by atoms with E-state index in [2.05, 4.69) is 25.1 Å². The Morgan fingerprint density at radius 2 is 2.16 bits per heavy atom. The maximum Gasteiger partial charge on any atom is 0.232 e. The Morgan fingerprint density at radius 3 is 2.89 bits per heavy atom. The molecule has 0 saturated carbocycles. The van der Waals surface area contributed by atoms with Crippen LogP contribution in [0.2, 0.25) is 0 Å². The number of amides is 1. The number of carbonyl (C=O) groups excluding carboxylic acids is 1. The molecule has 104 valence electrons. The topological polar surface area (TPSA) is 46.3 Å². The highest BCUT2D eigenvalue weighted by Gasteiger charge is 2.20. The van der Waals surface area contributed by atoms with Gasteiger partial charge in [0.1, 0.15) is 0 Å². The van der Waals surface area contributed by atoms with E-state index in [0.29, 0.717) is 18.2 Å². The maximum absolute atomic E-state index is 12.2. The molecule has 1 heterocycles. The van der Waals surface area contributed by atoms with Gasteiger partial charge in [-0.2, -0.15) is 11.8 Å². The van der Waals surface area contributed by atoms with Gasteiger partial charge in [0.2, 0.25) is 5.91 Å². The lowest BCUT2D eigenvalue weighted by Crippen LogP contribution is -2.37. The standard InChI is InChI=1S/C15H22N2OS/c1-12(8-16)10-19-11-15(18)17-7-6-13-4-2-3-5-14(13)9-17/h2-5,12H,6-11,16H2,1H3. The third kappa shape index (κ3) is 3.98.